The number of alkyl halides is 1. The number of carboxylic acid groups (broad SMARTS) is 2. The zero-order chi connectivity index (χ0) is 66.5. The molecule has 0 aromatic carbocycles. The van der Waals surface area contributed by atoms with Crippen molar-refractivity contribution in [2.75, 3.05) is 19.8 Å². The van der Waals surface area contributed by atoms with Crippen LogP contribution in [0.5, 0.6) is 0 Å². The van der Waals surface area contributed by atoms with Gasteiger partial charge in [-0.3, -0.25) is 24.0 Å². The molecular formula is C76H141ClO14. The van der Waals surface area contributed by atoms with Gasteiger partial charge in [-0.1, -0.05) is 285 Å². The van der Waals surface area contributed by atoms with Gasteiger partial charge in [0.2, 0.25) is 6.79 Å². The predicted molar refractivity (Wildman–Crippen MR) is 371 cm³/mol. The SMILES string of the molecule is CCCCCCCCC1OC1CCCCCCCC(=O)O.CCCCCCCCC1OC1CCCCCCCC(=O)OC.CCCCCCCCC1OC1CCCCCCCC(=O)OCOC(=O)CCCCCCCC1OC1CCCCCCCC.O=C(O)CCl. The van der Waals surface area contributed by atoms with E-state index < -0.39 is 11.9 Å². The highest BCUT2D eigenvalue weighted by Gasteiger charge is 2.39. The van der Waals surface area contributed by atoms with Crippen molar-refractivity contribution in [2.45, 2.75) is 436 Å². The smallest absolute Gasteiger partial charge is 0.318 e. The van der Waals surface area contributed by atoms with Crippen LogP contribution in [-0.4, -0.2) is 109 Å². The van der Waals surface area contributed by atoms with E-state index >= 15 is 0 Å². The number of carboxylic acids is 2. The number of unbranched alkanes of at least 4 members (excludes halogenated alkanes) is 36. The third-order valence-corrected chi connectivity index (χ3v) is 18.6. The van der Waals surface area contributed by atoms with E-state index in [1.807, 2.05) is 0 Å². The number of methoxy groups -OCH3 is 1. The van der Waals surface area contributed by atoms with Crippen LogP contribution < -0.4 is 0 Å². The van der Waals surface area contributed by atoms with E-state index in [9.17, 15) is 24.0 Å². The minimum Gasteiger partial charge on any atom is -0.481 e. The molecule has 0 amide bonds. The molecule has 0 aliphatic carbocycles. The summed E-state index contributed by atoms with van der Waals surface area (Å²) in [6.07, 6.45) is 70.8. The fourth-order valence-electron chi connectivity index (χ4n) is 12.2. The molecule has 4 heterocycles. The van der Waals surface area contributed by atoms with Crippen molar-refractivity contribution in [2.24, 2.45) is 0 Å². The number of hydrogen-bond acceptors (Lipinski definition) is 12. The molecule has 4 aliphatic heterocycles. The maximum Gasteiger partial charge on any atom is 0.318 e. The Balaban J connectivity index is 0.000000720. The highest BCUT2D eigenvalue weighted by Crippen LogP contribution is 2.35. The van der Waals surface area contributed by atoms with Crippen molar-refractivity contribution in [3.63, 3.8) is 0 Å². The van der Waals surface area contributed by atoms with E-state index in [0.717, 1.165) is 64.2 Å². The molecule has 2 N–H and O–H groups in total. The number of hydrogen-bond donors (Lipinski definition) is 2. The standard InChI is InChI=1S/C37H68O6.C19H36O3.C18H34O3.C2H3ClO2/c1-3-5-7-9-13-19-25-32-34(42-32)27-21-15-11-17-23-29-36(38)40-31-41-37(39)30-24-18-12-16-22-28-35-33(43-35)26-20-14-10-8-6-4-2;1-3-4-5-6-8-11-14-17-18(22-17)15-12-9-7-10-13-16-19(20)21-2;1-2-3-4-5-7-10-13-16-17(21-16)14-11-8-6-9-12-15-18(19)20;3-1-2(4)5/h32-35H,3-31H2,1-2H3;17-18H,3-16H2,1-2H3;16-17H,2-15H2,1H3,(H,19,20);1H2,(H,4,5). The van der Waals surface area contributed by atoms with Crippen LogP contribution in [0.3, 0.4) is 0 Å². The minimum atomic E-state index is -0.980. The summed E-state index contributed by atoms with van der Waals surface area (Å²) in [5, 5.41) is 16.1. The van der Waals surface area contributed by atoms with E-state index in [-0.39, 0.29) is 30.6 Å². The van der Waals surface area contributed by atoms with Gasteiger partial charge in [-0.15, -0.1) is 11.6 Å². The first kappa shape index (κ1) is 86.5. The van der Waals surface area contributed by atoms with Gasteiger partial charge in [-0.05, 0) is 77.0 Å². The Morgan fingerprint density at radius 2 is 0.473 bits per heavy atom. The molecule has 4 fully saturated rings. The molecule has 0 saturated carbocycles. The average molecular weight is 1310 g/mol. The van der Waals surface area contributed by atoms with E-state index in [0.29, 0.717) is 74.5 Å². The summed E-state index contributed by atoms with van der Waals surface area (Å²) in [5.41, 5.74) is 0. The fourth-order valence-corrected chi connectivity index (χ4v) is 12.2. The largest absolute Gasteiger partial charge is 0.481 e. The summed E-state index contributed by atoms with van der Waals surface area (Å²) in [7, 11) is 1.46. The van der Waals surface area contributed by atoms with Crippen LogP contribution in [0.15, 0.2) is 0 Å². The molecular weight excluding hydrogens is 1170 g/mol. The van der Waals surface area contributed by atoms with Gasteiger partial charge in [-0.25, -0.2) is 0 Å². The molecule has 8 atom stereocenters. The first-order valence-electron chi connectivity index (χ1n) is 38.4. The normalized spacial score (nSPS) is 19.8. The Morgan fingerprint density at radius 3 is 0.670 bits per heavy atom. The molecule has 0 aromatic heterocycles. The van der Waals surface area contributed by atoms with Crippen LogP contribution >= 0.6 is 11.6 Å². The van der Waals surface area contributed by atoms with Gasteiger partial charge in [0.15, 0.2) is 0 Å². The van der Waals surface area contributed by atoms with Gasteiger partial charge < -0.3 is 43.4 Å². The number of halogens is 1. The number of aliphatic carboxylic acids is 2. The number of esters is 3. The van der Waals surface area contributed by atoms with Crippen molar-refractivity contribution >= 4 is 41.4 Å². The molecule has 15 heteroatoms. The summed E-state index contributed by atoms with van der Waals surface area (Å²) >= 11 is 4.74. The summed E-state index contributed by atoms with van der Waals surface area (Å²) in [6.45, 7) is 8.80. The lowest BCUT2D eigenvalue weighted by molar-refractivity contribution is -0.167. The molecule has 0 aromatic rings. The van der Waals surface area contributed by atoms with Crippen molar-refractivity contribution in [3.05, 3.63) is 0 Å². The van der Waals surface area contributed by atoms with E-state index in [1.54, 1.807) is 0 Å². The highest BCUT2D eigenvalue weighted by molar-refractivity contribution is 6.26. The molecule has 0 spiro atoms. The minimum absolute atomic E-state index is 0.0797. The van der Waals surface area contributed by atoms with Gasteiger partial charge in [0.1, 0.15) is 5.88 Å². The van der Waals surface area contributed by atoms with E-state index in [4.69, 9.17) is 50.2 Å². The zero-order valence-electron chi connectivity index (χ0n) is 59.3. The quantitative estimate of drug-likeness (QED) is 0.0191. The monoisotopic (exact) mass is 1310 g/mol. The second kappa shape index (κ2) is 63.5. The summed E-state index contributed by atoms with van der Waals surface area (Å²) in [5.74, 6) is -2.58. The van der Waals surface area contributed by atoms with Crippen molar-refractivity contribution in [3.8, 4) is 0 Å². The summed E-state index contributed by atoms with van der Waals surface area (Å²) < 4.78 is 37.9. The molecule has 0 bridgehead atoms. The Hall–Kier alpha value is -2.52. The van der Waals surface area contributed by atoms with Gasteiger partial charge in [0, 0.05) is 25.7 Å². The number of rotatable bonds is 63. The lowest BCUT2D eigenvalue weighted by atomic mass is 10.0. The highest BCUT2D eigenvalue weighted by atomic mass is 35.5. The van der Waals surface area contributed by atoms with Crippen LogP contribution in [-0.2, 0) is 57.1 Å². The van der Waals surface area contributed by atoms with Crippen molar-refractivity contribution in [1.82, 2.24) is 0 Å². The maximum absolute atomic E-state index is 11.9. The molecule has 91 heavy (non-hydrogen) atoms. The summed E-state index contributed by atoms with van der Waals surface area (Å²) in [4.78, 5) is 54.4. The average Bonchev–Trinajstić information content (AvgIpc) is 1.87. The van der Waals surface area contributed by atoms with Gasteiger partial charge in [0.05, 0.1) is 55.9 Å². The lowest BCUT2D eigenvalue weighted by Gasteiger charge is -2.06. The molecule has 4 saturated heterocycles. The molecule has 536 valence electrons. The second-order valence-corrected chi connectivity index (χ2v) is 27.2. The number of ether oxygens (including phenoxy) is 7. The Kier molecular flexibility index (Phi) is 60.4. The van der Waals surface area contributed by atoms with Crippen molar-refractivity contribution in [1.29, 1.82) is 0 Å². The third kappa shape index (κ3) is 59.7. The van der Waals surface area contributed by atoms with E-state index in [2.05, 4.69) is 32.4 Å². The number of carbonyl (C=O) groups excluding carboxylic acids is 3. The first-order valence-corrected chi connectivity index (χ1v) is 38.9. The van der Waals surface area contributed by atoms with Gasteiger partial charge in [-0.2, -0.15) is 0 Å². The molecule has 0 radical (unpaired) electrons. The maximum atomic E-state index is 11.9. The Morgan fingerprint density at radius 1 is 0.286 bits per heavy atom. The van der Waals surface area contributed by atoms with Gasteiger partial charge >= 0.3 is 29.8 Å². The molecule has 4 rings (SSSR count). The van der Waals surface area contributed by atoms with Crippen LogP contribution in [0.25, 0.3) is 0 Å². The molecule has 4 aliphatic rings. The Bertz CT molecular complexity index is 1630. The lowest BCUT2D eigenvalue weighted by Crippen LogP contribution is -2.12. The van der Waals surface area contributed by atoms with Crippen LogP contribution in [0.4, 0.5) is 0 Å². The topological polar surface area (TPSA) is 204 Å². The van der Waals surface area contributed by atoms with Gasteiger partial charge in [0.25, 0.3) is 0 Å². The van der Waals surface area contributed by atoms with Crippen LogP contribution in [0.1, 0.15) is 387 Å². The van der Waals surface area contributed by atoms with Crippen LogP contribution in [0, 0.1) is 0 Å². The molecule has 14 nitrogen and oxygen atoms in total. The number of carbonyl (C=O) groups is 5. The number of epoxide rings is 4. The first-order chi connectivity index (χ1) is 44.4. The Labute approximate surface area is 562 Å². The third-order valence-electron chi connectivity index (χ3n) is 18.4. The molecule has 8 unspecified atom stereocenters. The van der Waals surface area contributed by atoms with E-state index in [1.165, 1.54) is 277 Å². The summed E-state index contributed by atoms with van der Waals surface area (Å²) in [6, 6.07) is 0. The zero-order valence-corrected chi connectivity index (χ0v) is 60.1. The van der Waals surface area contributed by atoms with Crippen molar-refractivity contribution < 1.29 is 67.3 Å². The predicted octanol–water partition coefficient (Wildman–Crippen LogP) is 21.6. The fraction of sp³-hybridized carbons (Fsp3) is 0.934. The van der Waals surface area contributed by atoms with Crippen LogP contribution in [0.2, 0.25) is 0 Å². The second-order valence-electron chi connectivity index (χ2n) is 27.0.